The molecule has 19 heavy (non-hydrogen) atoms. The fraction of sp³-hybridized carbons (Fsp3) is 0.625. The second-order valence-corrected chi connectivity index (χ2v) is 5.67. The molecule has 2 atom stereocenters. The number of ether oxygens (including phenoxy) is 1. The summed E-state index contributed by atoms with van der Waals surface area (Å²) < 4.78 is 5.52. The molecule has 3 heteroatoms. The summed E-state index contributed by atoms with van der Waals surface area (Å²) in [5.74, 6) is 2.43. The molecule has 0 saturated heterocycles. The van der Waals surface area contributed by atoms with Gasteiger partial charge in [0.25, 0.3) is 0 Å². The summed E-state index contributed by atoms with van der Waals surface area (Å²) in [4.78, 5) is 0. The van der Waals surface area contributed by atoms with Gasteiger partial charge in [0, 0.05) is 6.54 Å². The zero-order valence-corrected chi connectivity index (χ0v) is 12.1. The molecule has 0 aliphatic heterocycles. The first-order chi connectivity index (χ1) is 9.20. The maximum Gasteiger partial charge on any atom is 0.144 e. The number of rotatable bonds is 5. The van der Waals surface area contributed by atoms with Gasteiger partial charge in [-0.2, -0.15) is 0 Å². The molecule has 0 spiro atoms. The van der Waals surface area contributed by atoms with Gasteiger partial charge in [-0.15, -0.1) is 0 Å². The molecule has 106 valence electrons. The lowest BCUT2D eigenvalue weighted by Crippen LogP contribution is -2.21. The number of para-hydroxylation sites is 1. The van der Waals surface area contributed by atoms with Crippen LogP contribution in [0.25, 0.3) is 0 Å². The lowest BCUT2D eigenvalue weighted by Gasteiger charge is -2.27. The maximum atomic E-state index is 6.12. The van der Waals surface area contributed by atoms with Crippen molar-refractivity contribution < 1.29 is 4.74 Å². The van der Waals surface area contributed by atoms with E-state index in [1.165, 1.54) is 25.7 Å². The van der Waals surface area contributed by atoms with E-state index >= 15 is 0 Å². The average Bonchev–Trinajstić information content (AvgIpc) is 2.40. The molecule has 2 rings (SSSR count). The molecule has 0 radical (unpaired) electrons. The van der Waals surface area contributed by atoms with E-state index in [1.807, 2.05) is 25.1 Å². The van der Waals surface area contributed by atoms with Crippen LogP contribution in [0.4, 0.5) is 11.4 Å². The molecule has 1 aliphatic rings. The molecule has 1 fully saturated rings. The van der Waals surface area contributed by atoms with Crippen molar-refractivity contribution in [3.63, 3.8) is 0 Å². The summed E-state index contributed by atoms with van der Waals surface area (Å²) >= 11 is 0. The highest BCUT2D eigenvalue weighted by Gasteiger charge is 2.18. The Morgan fingerprint density at radius 2 is 2.21 bits per heavy atom. The summed E-state index contributed by atoms with van der Waals surface area (Å²) in [5.41, 5.74) is 7.86. The number of nitrogen functional groups attached to an aromatic ring is 1. The van der Waals surface area contributed by atoms with Gasteiger partial charge in [0.1, 0.15) is 5.75 Å². The molecule has 0 amide bonds. The first-order valence-electron chi connectivity index (χ1n) is 7.45. The van der Waals surface area contributed by atoms with Crippen LogP contribution in [-0.2, 0) is 0 Å². The number of benzene rings is 1. The number of hydrogen-bond donors (Lipinski definition) is 2. The van der Waals surface area contributed by atoms with Crippen LogP contribution in [0.3, 0.4) is 0 Å². The van der Waals surface area contributed by atoms with Crippen molar-refractivity contribution in [2.24, 2.45) is 11.8 Å². The van der Waals surface area contributed by atoms with E-state index in [1.54, 1.807) is 0 Å². The van der Waals surface area contributed by atoms with Crippen molar-refractivity contribution in [1.29, 1.82) is 0 Å². The molecule has 0 aromatic heterocycles. The largest absolute Gasteiger partial charge is 0.492 e. The van der Waals surface area contributed by atoms with E-state index in [0.717, 1.165) is 35.5 Å². The second-order valence-electron chi connectivity index (χ2n) is 5.67. The van der Waals surface area contributed by atoms with E-state index < -0.39 is 0 Å². The van der Waals surface area contributed by atoms with Crippen LogP contribution >= 0.6 is 0 Å². The number of nitrogens with one attached hydrogen (secondary N) is 1. The second kappa shape index (κ2) is 6.69. The topological polar surface area (TPSA) is 47.3 Å². The summed E-state index contributed by atoms with van der Waals surface area (Å²) in [5, 5.41) is 3.50. The Kier molecular flexibility index (Phi) is 4.94. The van der Waals surface area contributed by atoms with E-state index in [2.05, 4.69) is 12.2 Å². The fourth-order valence-corrected chi connectivity index (χ4v) is 2.98. The van der Waals surface area contributed by atoms with Gasteiger partial charge in [-0.3, -0.25) is 0 Å². The normalized spacial score (nSPS) is 23.1. The molecule has 1 aromatic carbocycles. The average molecular weight is 262 g/mol. The molecule has 1 aromatic rings. The number of anilines is 2. The quantitative estimate of drug-likeness (QED) is 0.791. The van der Waals surface area contributed by atoms with E-state index in [-0.39, 0.29) is 0 Å². The maximum absolute atomic E-state index is 6.12. The van der Waals surface area contributed by atoms with Crippen molar-refractivity contribution in [3.8, 4) is 5.75 Å². The monoisotopic (exact) mass is 262 g/mol. The SMILES string of the molecule is CCOc1cccc(NCC2CCCC(C)C2)c1N. The Morgan fingerprint density at radius 3 is 2.95 bits per heavy atom. The van der Waals surface area contributed by atoms with Gasteiger partial charge in [0.2, 0.25) is 0 Å². The van der Waals surface area contributed by atoms with Gasteiger partial charge in [-0.1, -0.05) is 25.8 Å². The van der Waals surface area contributed by atoms with Crippen LogP contribution in [0, 0.1) is 11.8 Å². The zero-order chi connectivity index (χ0) is 13.7. The van der Waals surface area contributed by atoms with Crippen molar-refractivity contribution in [2.45, 2.75) is 39.5 Å². The highest BCUT2D eigenvalue weighted by molar-refractivity contribution is 5.72. The summed E-state index contributed by atoms with van der Waals surface area (Å²) in [6, 6.07) is 5.95. The smallest absolute Gasteiger partial charge is 0.144 e. The summed E-state index contributed by atoms with van der Waals surface area (Å²) in [6.45, 7) is 6.00. The van der Waals surface area contributed by atoms with E-state index in [0.29, 0.717) is 6.61 Å². The van der Waals surface area contributed by atoms with Crippen LogP contribution in [0.15, 0.2) is 18.2 Å². The minimum Gasteiger partial charge on any atom is -0.492 e. The van der Waals surface area contributed by atoms with Crippen molar-refractivity contribution in [3.05, 3.63) is 18.2 Å². The van der Waals surface area contributed by atoms with Crippen LogP contribution < -0.4 is 15.8 Å². The van der Waals surface area contributed by atoms with Gasteiger partial charge in [-0.05, 0) is 43.7 Å². The van der Waals surface area contributed by atoms with Crippen molar-refractivity contribution in [2.75, 3.05) is 24.2 Å². The van der Waals surface area contributed by atoms with Gasteiger partial charge in [-0.25, -0.2) is 0 Å². The molecular weight excluding hydrogens is 236 g/mol. The number of hydrogen-bond acceptors (Lipinski definition) is 3. The summed E-state index contributed by atoms with van der Waals surface area (Å²) in [6.07, 6.45) is 5.42. The molecule has 0 bridgehead atoms. The summed E-state index contributed by atoms with van der Waals surface area (Å²) in [7, 11) is 0. The van der Waals surface area contributed by atoms with Crippen LogP contribution in [0.1, 0.15) is 39.5 Å². The molecular formula is C16H26N2O. The lowest BCUT2D eigenvalue weighted by molar-refractivity contribution is 0.293. The first-order valence-corrected chi connectivity index (χ1v) is 7.45. The number of nitrogens with two attached hydrogens (primary N) is 1. The minimum atomic E-state index is 0.647. The minimum absolute atomic E-state index is 0.647. The Balaban J connectivity index is 1.93. The first kappa shape index (κ1) is 14.0. The molecule has 1 aliphatic carbocycles. The van der Waals surface area contributed by atoms with Gasteiger partial charge in [0.15, 0.2) is 0 Å². The Bertz CT molecular complexity index is 406. The van der Waals surface area contributed by atoms with Crippen LogP contribution in [0.2, 0.25) is 0 Å². The lowest BCUT2D eigenvalue weighted by atomic mass is 9.82. The van der Waals surface area contributed by atoms with E-state index in [9.17, 15) is 0 Å². The van der Waals surface area contributed by atoms with Gasteiger partial charge < -0.3 is 15.8 Å². The predicted octanol–water partition coefficient (Wildman–Crippen LogP) is 3.91. The van der Waals surface area contributed by atoms with Crippen LogP contribution in [-0.4, -0.2) is 13.2 Å². The van der Waals surface area contributed by atoms with Crippen molar-refractivity contribution in [1.82, 2.24) is 0 Å². The van der Waals surface area contributed by atoms with Crippen molar-refractivity contribution >= 4 is 11.4 Å². The van der Waals surface area contributed by atoms with Gasteiger partial charge >= 0.3 is 0 Å². The zero-order valence-electron chi connectivity index (χ0n) is 12.1. The Morgan fingerprint density at radius 1 is 1.37 bits per heavy atom. The Hall–Kier alpha value is -1.38. The van der Waals surface area contributed by atoms with Gasteiger partial charge in [0.05, 0.1) is 18.0 Å². The highest BCUT2D eigenvalue weighted by Crippen LogP contribution is 2.32. The molecule has 1 saturated carbocycles. The third-order valence-electron chi connectivity index (χ3n) is 3.99. The van der Waals surface area contributed by atoms with E-state index in [4.69, 9.17) is 10.5 Å². The van der Waals surface area contributed by atoms with Crippen LogP contribution in [0.5, 0.6) is 5.75 Å². The molecule has 0 heterocycles. The third-order valence-corrected chi connectivity index (χ3v) is 3.99. The Labute approximate surface area is 116 Å². The standard InChI is InChI=1S/C16H26N2O/c1-3-19-15-9-5-8-14(16(15)17)18-11-13-7-4-6-12(2)10-13/h5,8-9,12-13,18H,3-4,6-7,10-11,17H2,1-2H3. The molecule has 3 N–H and O–H groups in total. The molecule has 2 unspecified atom stereocenters. The molecule has 3 nitrogen and oxygen atoms in total. The third kappa shape index (κ3) is 3.79. The predicted molar refractivity (Wildman–Crippen MR) is 81.6 cm³/mol. The highest BCUT2D eigenvalue weighted by atomic mass is 16.5. The fourth-order valence-electron chi connectivity index (χ4n) is 2.98.